The van der Waals surface area contributed by atoms with E-state index in [0.29, 0.717) is 11.6 Å². The van der Waals surface area contributed by atoms with Gasteiger partial charge in [-0.2, -0.15) is 0 Å². The maximum atomic E-state index is 10.8. The Balaban J connectivity index is 0.00000193. The molecule has 0 saturated carbocycles. The third-order valence-electron chi connectivity index (χ3n) is 5.15. The number of ether oxygens (including phenoxy) is 1. The summed E-state index contributed by atoms with van der Waals surface area (Å²) >= 11 is 0. The zero-order chi connectivity index (χ0) is 22.0. The summed E-state index contributed by atoms with van der Waals surface area (Å²) in [4.78, 5) is 26.1. The molecule has 0 radical (unpaired) electrons. The molecular formula is C24H19NNa2O6. The molecule has 0 bridgehead atoms. The van der Waals surface area contributed by atoms with E-state index in [-0.39, 0.29) is 78.6 Å². The average Bonchev–Trinajstić information content (AvgIpc) is 3.18. The first-order valence-electron chi connectivity index (χ1n) is 9.87. The van der Waals surface area contributed by atoms with E-state index in [9.17, 15) is 19.8 Å². The van der Waals surface area contributed by atoms with E-state index >= 15 is 0 Å². The van der Waals surface area contributed by atoms with Gasteiger partial charge in [0.05, 0.1) is 18.5 Å². The molecule has 0 aliphatic carbocycles. The SMILES string of the molecule is Cc1cccc2oc(-c3ccc4cc(OCCCC(C(=O)[O-])C(=O)[O-])ccc4c3)nc12.[Na+].[Na+]. The average molecular weight is 463 g/mol. The van der Waals surface area contributed by atoms with Crippen LogP contribution in [-0.2, 0) is 9.59 Å². The third kappa shape index (κ3) is 6.38. The molecule has 33 heavy (non-hydrogen) atoms. The number of benzene rings is 3. The minimum absolute atomic E-state index is 0. The van der Waals surface area contributed by atoms with Gasteiger partial charge in [-0.15, -0.1) is 0 Å². The van der Waals surface area contributed by atoms with E-state index in [1.807, 2.05) is 55.5 Å². The van der Waals surface area contributed by atoms with Crippen LogP contribution in [0.25, 0.3) is 33.3 Å². The Kier molecular flexibility index (Phi) is 9.97. The molecule has 0 fully saturated rings. The van der Waals surface area contributed by atoms with Gasteiger partial charge in [-0.1, -0.05) is 24.3 Å². The van der Waals surface area contributed by atoms with Crippen LogP contribution in [-0.4, -0.2) is 23.5 Å². The number of hydrogen-bond acceptors (Lipinski definition) is 7. The normalized spacial score (nSPS) is 10.6. The largest absolute Gasteiger partial charge is 1.00 e. The number of oxazole rings is 1. The van der Waals surface area contributed by atoms with Gasteiger partial charge in [0.2, 0.25) is 5.89 Å². The number of aromatic nitrogens is 1. The minimum Gasteiger partial charge on any atom is -0.549 e. The fourth-order valence-corrected chi connectivity index (χ4v) is 3.47. The van der Waals surface area contributed by atoms with Crippen LogP contribution in [0.1, 0.15) is 18.4 Å². The van der Waals surface area contributed by atoms with Crippen molar-refractivity contribution >= 4 is 33.8 Å². The molecule has 0 amide bonds. The molecule has 0 spiro atoms. The van der Waals surface area contributed by atoms with Crippen LogP contribution < -0.4 is 74.1 Å². The Labute approximate surface area is 234 Å². The minimum atomic E-state index is -1.64. The van der Waals surface area contributed by atoms with Crippen LogP contribution >= 0.6 is 0 Å². The predicted molar refractivity (Wildman–Crippen MR) is 110 cm³/mol. The molecule has 9 heteroatoms. The summed E-state index contributed by atoms with van der Waals surface area (Å²) in [6, 6.07) is 17.3. The predicted octanol–water partition coefficient (Wildman–Crippen LogP) is -3.76. The Bertz CT molecular complexity index is 1270. The zero-order valence-electron chi connectivity index (χ0n) is 18.8. The fraction of sp³-hybridized carbons (Fsp3) is 0.208. The molecule has 1 aromatic heterocycles. The number of carboxylic acid groups (broad SMARTS) is 2. The van der Waals surface area contributed by atoms with E-state index in [1.165, 1.54) is 0 Å². The van der Waals surface area contributed by atoms with Crippen LogP contribution in [0.4, 0.5) is 0 Å². The fourth-order valence-electron chi connectivity index (χ4n) is 3.47. The van der Waals surface area contributed by atoms with Crippen molar-refractivity contribution in [2.24, 2.45) is 5.92 Å². The van der Waals surface area contributed by atoms with E-state index in [1.54, 1.807) is 6.07 Å². The first-order valence-corrected chi connectivity index (χ1v) is 9.87. The molecule has 4 rings (SSSR count). The second-order valence-corrected chi connectivity index (χ2v) is 7.35. The van der Waals surface area contributed by atoms with Gasteiger partial charge in [0, 0.05) is 11.5 Å². The van der Waals surface area contributed by atoms with Crippen LogP contribution in [0.2, 0.25) is 0 Å². The number of carbonyl (C=O) groups is 2. The van der Waals surface area contributed by atoms with Crippen LogP contribution in [0.5, 0.6) is 5.75 Å². The van der Waals surface area contributed by atoms with Gasteiger partial charge in [0.15, 0.2) is 5.58 Å². The molecule has 0 unspecified atom stereocenters. The van der Waals surface area contributed by atoms with Gasteiger partial charge in [-0.3, -0.25) is 0 Å². The first-order chi connectivity index (χ1) is 14.9. The van der Waals surface area contributed by atoms with Gasteiger partial charge in [-0.25, -0.2) is 4.98 Å². The summed E-state index contributed by atoms with van der Waals surface area (Å²) < 4.78 is 11.5. The standard InChI is InChI=1S/C24H21NO6.2Na/c1-14-4-2-6-20-21(14)25-22(31-20)17-8-7-16-13-18(10-9-15(16)12-17)30-11-3-5-19(23(26)27)24(28)29;;/h2,4,6-10,12-13,19H,3,5,11H2,1H3,(H,26,27)(H,28,29);;/q;2*+1/p-2. The smallest absolute Gasteiger partial charge is 0.549 e. The molecule has 1 heterocycles. The van der Waals surface area contributed by atoms with Crippen molar-refractivity contribution in [2.75, 3.05) is 6.61 Å². The maximum Gasteiger partial charge on any atom is 1.00 e. The number of carbonyl (C=O) groups excluding carboxylic acids is 2. The van der Waals surface area contributed by atoms with Gasteiger partial charge >= 0.3 is 59.1 Å². The monoisotopic (exact) mass is 463 g/mol. The van der Waals surface area contributed by atoms with Crippen LogP contribution in [0, 0.1) is 12.8 Å². The molecule has 158 valence electrons. The summed E-state index contributed by atoms with van der Waals surface area (Å²) in [6.45, 7) is 2.18. The van der Waals surface area contributed by atoms with E-state index in [0.717, 1.165) is 33.0 Å². The second kappa shape index (κ2) is 12.0. The van der Waals surface area contributed by atoms with E-state index < -0.39 is 17.9 Å². The summed E-state index contributed by atoms with van der Waals surface area (Å²) in [5.41, 5.74) is 3.52. The number of rotatable bonds is 8. The van der Waals surface area contributed by atoms with E-state index in [2.05, 4.69) is 4.98 Å². The van der Waals surface area contributed by atoms with Crippen molar-refractivity contribution in [3.05, 3.63) is 60.2 Å². The van der Waals surface area contributed by atoms with Gasteiger partial charge in [0.25, 0.3) is 0 Å². The van der Waals surface area contributed by atoms with Gasteiger partial charge in [-0.05, 0) is 66.4 Å². The molecule has 0 aliphatic heterocycles. The van der Waals surface area contributed by atoms with Gasteiger partial charge < -0.3 is 29.0 Å². The van der Waals surface area contributed by atoms with Crippen molar-refractivity contribution in [3.63, 3.8) is 0 Å². The Morgan fingerprint density at radius 2 is 1.70 bits per heavy atom. The number of fused-ring (bicyclic) bond motifs is 2. The molecular weight excluding hydrogens is 444 g/mol. The summed E-state index contributed by atoms with van der Waals surface area (Å²) in [6.07, 6.45) is 0.145. The number of aryl methyl sites for hydroxylation is 1. The zero-order valence-corrected chi connectivity index (χ0v) is 22.8. The molecule has 0 atom stereocenters. The van der Waals surface area contributed by atoms with Crippen molar-refractivity contribution < 1.29 is 88.1 Å². The quantitative estimate of drug-likeness (QED) is 0.150. The molecule has 0 aliphatic rings. The number of aliphatic carboxylic acids is 2. The Morgan fingerprint density at radius 1 is 1.00 bits per heavy atom. The molecule has 4 aromatic rings. The number of nitrogens with zero attached hydrogens (tertiary/aromatic N) is 1. The topological polar surface area (TPSA) is 116 Å². The summed E-state index contributed by atoms with van der Waals surface area (Å²) in [5.74, 6) is -3.75. The number of para-hydroxylation sites is 1. The van der Waals surface area contributed by atoms with Gasteiger partial charge in [0.1, 0.15) is 11.3 Å². The maximum absolute atomic E-state index is 10.8. The Morgan fingerprint density at radius 3 is 2.39 bits per heavy atom. The van der Waals surface area contributed by atoms with Crippen LogP contribution in [0.15, 0.2) is 59.0 Å². The van der Waals surface area contributed by atoms with Crippen molar-refractivity contribution in [2.45, 2.75) is 19.8 Å². The first kappa shape index (κ1) is 27.4. The molecule has 3 aromatic carbocycles. The Hall–Kier alpha value is -1.87. The number of hydrogen-bond donors (Lipinski definition) is 0. The second-order valence-electron chi connectivity index (χ2n) is 7.35. The summed E-state index contributed by atoms with van der Waals surface area (Å²) in [7, 11) is 0. The van der Waals surface area contributed by atoms with Crippen molar-refractivity contribution in [1.29, 1.82) is 0 Å². The molecule has 0 N–H and O–H groups in total. The third-order valence-corrected chi connectivity index (χ3v) is 5.15. The number of carboxylic acids is 2. The van der Waals surface area contributed by atoms with E-state index in [4.69, 9.17) is 9.15 Å². The molecule has 7 nitrogen and oxygen atoms in total. The van der Waals surface area contributed by atoms with Crippen molar-refractivity contribution in [1.82, 2.24) is 4.98 Å². The van der Waals surface area contributed by atoms with Crippen molar-refractivity contribution in [3.8, 4) is 17.2 Å². The van der Waals surface area contributed by atoms with Crippen LogP contribution in [0.3, 0.4) is 0 Å². The summed E-state index contributed by atoms with van der Waals surface area (Å²) in [5, 5.41) is 23.5. The molecule has 0 saturated heterocycles.